The third-order valence-electron chi connectivity index (χ3n) is 8.53. The first-order valence-corrected chi connectivity index (χ1v) is 14.0. The number of aliphatic hydroxyl groups excluding tert-OH is 2. The van der Waals surface area contributed by atoms with E-state index < -0.39 is 94.0 Å². The molecule has 0 heterocycles. The number of ketones is 2. The van der Waals surface area contributed by atoms with Gasteiger partial charge in [-0.1, -0.05) is 32.4 Å². The second kappa shape index (κ2) is 11.8. The first-order valence-electron chi connectivity index (χ1n) is 14.0. The topological polar surface area (TPSA) is 214 Å². The molecule has 0 saturated heterocycles. The van der Waals surface area contributed by atoms with E-state index in [-0.39, 0.29) is 24.3 Å². The van der Waals surface area contributed by atoms with Gasteiger partial charge in [0.2, 0.25) is 5.78 Å². The molecule has 13 heteroatoms. The molecule has 4 rings (SSSR count). The number of hydrogen-bond acceptors (Lipinski definition) is 12. The summed E-state index contributed by atoms with van der Waals surface area (Å²) in [6.45, 7) is 3.76. The van der Waals surface area contributed by atoms with E-state index in [0.29, 0.717) is 12.0 Å². The van der Waals surface area contributed by atoms with Crippen molar-refractivity contribution in [3.05, 3.63) is 46.2 Å². The van der Waals surface area contributed by atoms with E-state index in [2.05, 4.69) is 0 Å². The van der Waals surface area contributed by atoms with Crippen molar-refractivity contribution >= 4 is 35.2 Å². The molecule has 6 atom stereocenters. The number of ether oxygens (including phenoxy) is 2. The molecule has 232 valence electrons. The van der Waals surface area contributed by atoms with Gasteiger partial charge in [-0.05, 0) is 38.1 Å². The Bertz CT molecular complexity index is 1450. The largest absolute Gasteiger partial charge is 0.508 e. The lowest BCUT2D eigenvalue weighted by Crippen LogP contribution is -2.71. The van der Waals surface area contributed by atoms with Crippen molar-refractivity contribution in [2.75, 3.05) is 20.7 Å². The van der Waals surface area contributed by atoms with Crippen LogP contribution in [0.5, 0.6) is 5.75 Å². The number of likely N-dealkylation sites (N-methyl/N-ethyl adjacent to an activating group) is 1. The van der Waals surface area contributed by atoms with Crippen LogP contribution in [0.15, 0.2) is 35.1 Å². The Morgan fingerprint density at radius 2 is 1.72 bits per heavy atom. The van der Waals surface area contributed by atoms with Crippen LogP contribution >= 0.6 is 0 Å². The van der Waals surface area contributed by atoms with Gasteiger partial charge in [-0.25, -0.2) is 0 Å². The maximum Gasteiger partial charge on any atom is 0.306 e. The molecule has 43 heavy (non-hydrogen) atoms. The van der Waals surface area contributed by atoms with Gasteiger partial charge in [0, 0.05) is 11.5 Å². The number of nitrogens with two attached hydrogens (primary N) is 1. The fourth-order valence-corrected chi connectivity index (χ4v) is 6.51. The minimum atomic E-state index is -3.04. The highest BCUT2D eigenvalue weighted by Crippen LogP contribution is 2.56. The predicted molar refractivity (Wildman–Crippen MR) is 149 cm³/mol. The van der Waals surface area contributed by atoms with Crippen molar-refractivity contribution in [2.24, 2.45) is 17.6 Å². The molecule has 0 radical (unpaired) electrons. The Morgan fingerprint density at radius 3 is 2.33 bits per heavy atom. The van der Waals surface area contributed by atoms with Gasteiger partial charge in [0.15, 0.2) is 11.4 Å². The number of carbonyl (C=O) groups is 5. The second-order valence-electron chi connectivity index (χ2n) is 11.3. The first-order chi connectivity index (χ1) is 20.2. The van der Waals surface area contributed by atoms with Gasteiger partial charge in [0.05, 0.1) is 37.0 Å². The highest BCUT2D eigenvalue weighted by molar-refractivity contribution is 6.24. The van der Waals surface area contributed by atoms with E-state index in [1.54, 1.807) is 13.0 Å². The molecule has 0 aromatic heterocycles. The number of rotatable bonds is 9. The molecule has 1 amide bonds. The zero-order chi connectivity index (χ0) is 32.0. The summed E-state index contributed by atoms with van der Waals surface area (Å²) >= 11 is 0. The first kappa shape index (κ1) is 31.7. The quantitative estimate of drug-likeness (QED) is 0.153. The number of Topliss-reactive ketones (excluding diaryl/α,β-unsaturated/α-hetero) is 2. The Kier molecular flexibility index (Phi) is 8.70. The molecule has 13 nitrogen and oxygen atoms in total. The Balaban J connectivity index is 1.89. The summed E-state index contributed by atoms with van der Waals surface area (Å²) in [6.07, 6.45) is -0.887. The summed E-state index contributed by atoms with van der Waals surface area (Å²) in [4.78, 5) is 66.7. The fraction of sp³-hybridized carbons (Fsp3) is 0.500. The maximum atomic E-state index is 14.2. The van der Waals surface area contributed by atoms with Crippen LogP contribution in [0.2, 0.25) is 0 Å². The van der Waals surface area contributed by atoms with Crippen molar-refractivity contribution in [1.29, 1.82) is 0 Å². The van der Waals surface area contributed by atoms with Crippen LogP contribution in [0.3, 0.4) is 0 Å². The number of unbranched alkanes of at least 4 members (excludes halogenated alkanes) is 1. The third kappa shape index (κ3) is 5.06. The Labute approximate surface area is 247 Å². The number of hydrogen-bond donors (Lipinski definition) is 5. The zero-order valence-corrected chi connectivity index (χ0v) is 24.3. The minimum absolute atomic E-state index is 0.0915. The molecule has 0 spiro atoms. The number of phenols is 1. The number of aromatic hydroxyl groups is 1. The SMILES string of the molecule is CCCCOC(=O)CCC(=O)OC1C2C(=C(O)c3c(O)cccc3C2C)C(=O)C2(O)C(O)=C(C(N)=O)C(=O)C(N(C)C)C12. The summed E-state index contributed by atoms with van der Waals surface area (Å²) in [5.41, 5.74) is 1.17. The number of phenolic OH excluding ortho intramolecular Hbond substituents is 1. The molecule has 6 unspecified atom stereocenters. The van der Waals surface area contributed by atoms with E-state index in [0.717, 1.165) is 6.42 Å². The van der Waals surface area contributed by atoms with Crippen LogP contribution in [0.25, 0.3) is 5.76 Å². The molecule has 0 aliphatic heterocycles. The lowest BCUT2D eigenvalue weighted by molar-refractivity contribution is -0.185. The molecular weight excluding hydrogens is 564 g/mol. The Morgan fingerprint density at radius 1 is 1.07 bits per heavy atom. The normalized spacial score (nSPS) is 28.3. The number of aliphatic hydroxyl groups is 3. The number of amides is 1. The predicted octanol–water partition coefficient (Wildman–Crippen LogP) is 1.17. The van der Waals surface area contributed by atoms with E-state index in [4.69, 9.17) is 15.2 Å². The molecule has 0 bridgehead atoms. The van der Waals surface area contributed by atoms with Crippen LogP contribution in [-0.4, -0.2) is 93.2 Å². The van der Waals surface area contributed by atoms with Crippen LogP contribution in [0, 0.1) is 11.8 Å². The van der Waals surface area contributed by atoms with Crippen molar-refractivity contribution in [3.8, 4) is 5.75 Å². The zero-order valence-electron chi connectivity index (χ0n) is 24.3. The van der Waals surface area contributed by atoms with Crippen molar-refractivity contribution in [3.63, 3.8) is 0 Å². The summed E-state index contributed by atoms with van der Waals surface area (Å²) < 4.78 is 10.9. The van der Waals surface area contributed by atoms with Crippen LogP contribution in [0.4, 0.5) is 0 Å². The highest BCUT2D eigenvalue weighted by atomic mass is 16.5. The van der Waals surface area contributed by atoms with Gasteiger partial charge in [0.25, 0.3) is 5.91 Å². The van der Waals surface area contributed by atoms with Crippen LogP contribution in [0.1, 0.15) is 56.6 Å². The summed E-state index contributed by atoms with van der Waals surface area (Å²) in [7, 11) is 2.86. The third-order valence-corrected chi connectivity index (χ3v) is 8.53. The van der Waals surface area contributed by atoms with Gasteiger partial charge in [0.1, 0.15) is 28.9 Å². The maximum absolute atomic E-state index is 14.2. The van der Waals surface area contributed by atoms with Gasteiger partial charge in [-0.15, -0.1) is 0 Å². The molecular formula is C30H36N2O11. The molecule has 6 N–H and O–H groups in total. The summed E-state index contributed by atoms with van der Waals surface area (Å²) in [6, 6.07) is 2.91. The molecule has 1 aromatic rings. The highest BCUT2D eigenvalue weighted by Gasteiger charge is 2.69. The lowest BCUT2D eigenvalue weighted by atomic mass is 9.54. The fourth-order valence-electron chi connectivity index (χ4n) is 6.51. The number of primary amides is 1. The number of fused-ring (bicyclic) bond motifs is 3. The summed E-state index contributed by atoms with van der Waals surface area (Å²) in [5.74, 6) is -11.2. The van der Waals surface area contributed by atoms with E-state index in [1.165, 1.54) is 31.1 Å². The molecule has 1 fully saturated rings. The van der Waals surface area contributed by atoms with E-state index >= 15 is 0 Å². The van der Waals surface area contributed by atoms with Gasteiger partial charge in [-0.2, -0.15) is 0 Å². The Hall–Kier alpha value is -4.23. The summed E-state index contributed by atoms with van der Waals surface area (Å²) in [5, 5.41) is 45.2. The molecule has 1 saturated carbocycles. The van der Waals surface area contributed by atoms with E-state index in [9.17, 15) is 44.4 Å². The average molecular weight is 601 g/mol. The van der Waals surface area contributed by atoms with Crippen molar-refractivity contribution in [2.45, 2.75) is 63.2 Å². The second-order valence-corrected chi connectivity index (χ2v) is 11.3. The van der Waals surface area contributed by atoms with Crippen LogP contribution in [-0.2, 0) is 33.4 Å². The smallest absolute Gasteiger partial charge is 0.306 e. The lowest BCUT2D eigenvalue weighted by Gasteiger charge is -2.54. The molecule has 3 aliphatic rings. The monoisotopic (exact) mass is 600 g/mol. The molecule has 1 aromatic carbocycles. The van der Waals surface area contributed by atoms with Gasteiger partial charge >= 0.3 is 11.9 Å². The van der Waals surface area contributed by atoms with Gasteiger partial charge < -0.3 is 35.6 Å². The van der Waals surface area contributed by atoms with Crippen LogP contribution < -0.4 is 5.73 Å². The van der Waals surface area contributed by atoms with Crippen molar-refractivity contribution < 1.29 is 53.9 Å². The van der Waals surface area contributed by atoms with Gasteiger partial charge in [-0.3, -0.25) is 28.9 Å². The average Bonchev–Trinajstić information content (AvgIpc) is 2.93. The number of esters is 2. The van der Waals surface area contributed by atoms with Crippen molar-refractivity contribution in [1.82, 2.24) is 4.90 Å². The molecule has 3 aliphatic carbocycles. The number of benzene rings is 1. The standard InChI is InChI=1S/C30H36N2O11/c1-5-6-12-42-16(34)10-11-17(35)43-26-18-13(2)14-8-7-9-15(33)19(14)24(36)20(18)27(38)30(41)22(26)23(32(3)4)25(37)21(28(30)39)29(31)40/h7-9,13,18,22-23,26,33,36,39,41H,5-6,10-12H2,1-4H3,(H2,31,40). The number of carbonyl (C=O) groups excluding carboxylic acids is 5. The van der Waals surface area contributed by atoms with E-state index in [1.807, 2.05) is 6.92 Å². The number of nitrogens with zero attached hydrogens (tertiary/aromatic N) is 1. The minimum Gasteiger partial charge on any atom is -0.508 e.